The average Bonchev–Trinajstić information content (AvgIpc) is 3.26. The molecule has 0 unspecified atom stereocenters. The fourth-order valence-electron chi connectivity index (χ4n) is 5.51. The molecule has 9 nitrogen and oxygen atoms in total. The Bertz CT molecular complexity index is 1970. The molecule has 1 aliphatic heterocycles. The molecule has 0 bridgehead atoms. The maximum Gasteiger partial charge on any atom is 0.338 e. The zero-order valence-electron chi connectivity index (χ0n) is 28.3. The van der Waals surface area contributed by atoms with Gasteiger partial charge in [0.15, 0.2) is 0 Å². The second-order valence-corrected chi connectivity index (χ2v) is 13.9. The minimum atomic E-state index is -4.02. The third kappa shape index (κ3) is 7.78. The quantitative estimate of drug-likeness (QED) is 0.0704. The van der Waals surface area contributed by atoms with Crippen molar-refractivity contribution >= 4 is 45.3 Å². The van der Waals surface area contributed by atoms with Gasteiger partial charge in [0.1, 0.15) is 13.3 Å². The standard InChI is InChI=1S/C31H34N3O3.C7H8O3S/c1-7-37-28(35)22-14-13-17-24(20-22)34(29(36)30(2,3)23-15-9-8-10-16-23)32-21-27-31(4,5)25-18-11-12-19-26(25)33(27)6;1-6-2-4-7(5-3-6)11(8,9)10/h8-21H,7H2,1-6H3;2-5H,1H3,(H,8,9,10)/q+1;. The highest BCUT2D eigenvalue weighted by Crippen LogP contribution is 2.38. The average molecular weight is 669 g/mol. The van der Waals surface area contributed by atoms with Crippen LogP contribution in [0.15, 0.2) is 113 Å². The number of ether oxygens (including phenoxy) is 1. The Kier molecular flexibility index (Phi) is 10.8. The molecule has 0 saturated heterocycles. The number of anilines is 1. The van der Waals surface area contributed by atoms with E-state index < -0.39 is 21.5 Å². The lowest BCUT2D eigenvalue weighted by atomic mass is 9.82. The van der Waals surface area contributed by atoms with Crippen LogP contribution in [0.4, 0.5) is 11.4 Å². The van der Waals surface area contributed by atoms with Gasteiger partial charge in [-0.05, 0) is 77.4 Å². The Morgan fingerprint density at radius 2 is 1.56 bits per heavy atom. The van der Waals surface area contributed by atoms with E-state index in [1.807, 2.05) is 70.3 Å². The van der Waals surface area contributed by atoms with Crippen molar-refractivity contribution in [3.8, 4) is 0 Å². The molecule has 4 aromatic carbocycles. The molecule has 1 amide bonds. The second kappa shape index (κ2) is 14.5. The Morgan fingerprint density at radius 3 is 2.17 bits per heavy atom. The predicted molar refractivity (Wildman–Crippen MR) is 189 cm³/mol. The lowest BCUT2D eigenvalue weighted by molar-refractivity contribution is -0.400. The third-order valence-corrected chi connectivity index (χ3v) is 9.25. The van der Waals surface area contributed by atoms with Crippen LogP contribution in [0.2, 0.25) is 0 Å². The summed E-state index contributed by atoms with van der Waals surface area (Å²) in [6.07, 6.45) is 1.76. The minimum Gasteiger partial charge on any atom is -0.462 e. The molecule has 250 valence electrons. The molecule has 0 spiro atoms. The fraction of sp³-hybridized carbons (Fsp3) is 0.263. The smallest absolute Gasteiger partial charge is 0.338 e. The number of carbonyl (C=O) groups is 2. The molecular formula is C38H42N3O6S+. The largest absolute Gasteiger partial charge is 0.462 e. The van der Waals surface area contributed by atoms with Gasteiger partial charge in [0.25, 0.3) is 16.0 Å². The highest BCUT2D eigenvalue weighted by atomic mass is 32.2. The summed E-state index contributed by atoms with van der Waals surface area (Å²) in [5.41, 5.74) is 4.79. The van der Waals surface area contributed by atoms with Crippen molar-refractivity contribution in [1.82, 2.24) is 0 Å². The molecule has 4 aromatic rings. The molecular weight excluding hydrogens is 627 g/mol. The summed E-state index contributed by atoms with van der Waals surface area (Å²) < 4.78 is 36.8. The summed E-state index contributed by atoms with van der Waals surface area (Å²) in [6, 6.07) is 30.7. The molecule has 10 heteroatoms. The fourth-order valence-corrected chi connectivity index (χ4v) is 5.99. The number of rotatable bonds is 8. The van der Waals surface area contributed by atoms with Crippen molar-refractivity contribution in [3.63, 3.8) is 0 Å². The van der Waals surface area contributed by atoms with Crippen molar-refractivity contribution in [3.05, 3.63) is 125 Å². The van der Waals surface area contributed by atoms with Crippen LogP contribution >= 0.6 is 0 Å². The Hall–Kier alpha value is -4.93. The maximum atomic E-state index is 14.1. The van der Waals surface area contributed by atoms with E-state index in [1.54, 1.807) is 49.5 Å². The summed E-state index contributed by atoms with van der Waals surface area (Å²) in [7, 11) is -2.01. The van der Waals surface area contributed by atoms with Crippen LogP contribution in [0.3, 0.4) is 0 Å². The van der Waals surface area contributed by atoms with Crippen LogP contribution in [0.5, 0.6) is 0 Å². The van der Waals surface area contributed by atoms with Gasteiger partial charge in [0.05, 0.1) is 33.6 Å². The number of aryl methyl sites for hydroxylation is 1. The summed E-state index contributed by atoms with van der Waals surface area (Å²) in [4.78, 5) is 26.5. The number of hydrazone groups is 1. The van der Waals surface area contributed by atoms with Gasteiger partial charge < -0.3 is 4.74 Å². The number of benzene rings is 4. The lowest BCUT2D eigenvalue weighted by Crippen LogP contribution is -2.42. The van der Waals surface area contributed by atoms with E-state index in [9.17, 15) is 18.0 Å². The first-order valence-corrected chi connectivity index (χ1v) is 17.0. The van der Waals surface area contributed by atoms with Gasteiger partial charge in [0, 0.05) is 11.6 Å². The van der Waals surface area contributed by atoms with Crippen LogP contribution in [0, 0.1) is 6.92 Å². The van der Waals surface area contributed by atoms with Crippen molar-refractivity contribution in [1.29, 1.82) is 0 Å². The van der Waals surface area contributed by atoms with E-state index in [4.69, 9.17) is 14.4 Å². The van der Waals surface area contributed by atoms with E-state index in [2.05, 4.69) is 30.6 Å². The number of esters is 1. The number of nitrogens with zero attached hydrogens (tertiary/aromatic N) is 3. The summed E-state index contributed by atoms with van der Waals surface area (Å²) in [5, 5.41) is 6.17. The molecule has 0 fully saturated rings. The Labute approximate surface area is 283 Å². The SMILES string of the molecule is CCOC(=O)c1cccc(N(/N=C\C2=[N+](C)c3ccccc3C2(C)C)C(=O)C(C)(C)c2ccccc2)c1.Cc1ccc(S(=O)(=O)O)cc1. The second-order valence-electron chi connectivity index (χ2n) is 12.5. The normalized spacial score (nSPS) is 13.8. The number of hydrogen-bond donors (Lipinski definition) is 1. The molecule has 1 aliphatic rings. The third-order valence-electron chi connectivity index (χ3n) is 8.38. The Balaban J connectivity index is 0.000000401. The van der Waals surface area contributed by atoms with E-state index in [1.165, 1.54) is 22.7 Å². The molecule has 1 heterocycles. The van der Waals surface area contributed by atoms with Crippen LogP contribution < -0.4 is 5.01 Å². The molecule has 1 N–H and O–H groups in total. The molecule has 0 aromatic heterocycles. The monoisotopic (exact) mass is 668 g/mol. The highest BCUT2D eigenvalue weighted by Gasteiger charge is 2.44. The minimum absolute atomic E-state index is 0.0666. The van der Waals surface area contributed by atoms with E-state index >= 15 is 0 Å². The van der Waals surface area contributed by atoms with Crippen molar-refractivity contribution < 1.29 is 31.9 Å². The van der Waals surface area contributed by atoms with E-state index in [0.29, 0.717) is 11.3 Å². The van der Waals surface area contributed by atoms with Gasteiger partial charge in [-0.25, -0.2) is 4.79 Å². The van der Waals surface area contributed by atoms with Crippen molar-refractivity contribution in [2.24, 2.45) is 5.10 Å². The molecule has 48 heavy (non-hydrogen) atoms. The van der Waals surface area contributed by atoms with Gasteiger partial charge in [-0.2, -0.15) is 23.1 Å². The Morgan fingerprint density at radius 1 is 0.938 bits per heavy atom. The first kappa shape index (κ1) is 35.9. The highest BCUT2D eigenvalue weighted by molar-refractivity contribution is 7.85. The first-order chi connectivity index (χ1) is 22.6. The van der Waals surface area contributed by atoms with Crippen molar-refractivity contribution in [2.45, 2.75) is 57.3 Å². The summed E-state index contributed by atoms with van der Waals surface area (Å²) >= 11 is 0. The van der Waals surface area contributed by atoms with Gasteiger partial charge in [-0.3, -0.25) is 9.35 Å². The van der Waals surface area contributed by atoms with Gasteiger partial charge >= 0.3 is 5.97 Å². The van der Waals surface area contributed by atoms with Gasteiger partial charge in [-0.1, -0.05) is 72.3 Å². The number of carbonyl (C=O) groups excluding carboxylic acids is 2. The van der Waals surface area contributed by atoms with Gasteiger partial charge in [0.2, 0.25) is 11.4 Å². The summed E-state index contributed by atoms with van der Waals surface area (Å²) in [5.74, 6) is -0.655. The van der Waals surface area contributed by atoms with E-state index in [0.717, 1.165) is 22.5 Å². The molecule has 0 saturated carbocycles. The number of amides is 1. The lowest BCUT2D eigenvalue weighted by Gasteiger charge is -2.29. The van der Waals surface area contributed by atoms with E-state index in [-0.39, 0.29) is 22.8 Å². The zero-order chi connectivity index (χ0) is 35.3. The molecule has 0 radical (unpaired) electrons. The zero-order valence-corrected chi connectivity index (χ0v) is 29.2. The molecule has 0 atom stereocenters. The summed E-state index contributed by atoms with van der Waals surface area (Å²) in [6.45, 7) is 11.9. The van der Waals surface area contributed by atoms with Crippen molar-refractivity contribution in [2.75, 3.05) is 18.7 Å². The number of para-hydroxylation sites is 1. The van der Waals surface area contributed by atoms with Crippen LogP contribution in [-0.2, 0) is 30.5 Å². The first-order valence-electron chi connectivity index (χ1n) is 15.5. The van der Waals surface area contributed by atoms with Crippen LogP contribution in [0.1, 0.15) is 61.7 Å². The number of hydrogen-bond acceptors (Lipinski definition) is 6. The maximum absolute atomic E-state index is 14.1. The van der Waals surface area contributed by atoms with Crippen LogP contribution in [0.25, 0.3) is 0 Å². The predicted octanol–water partition coefficient (Wildman–Crippen LogP) is 7.11. The van der Waals surface area contributed by atoms with Crippen LogP contribution in [-0.4, -0.2) is 55.0 Å². The molecule has 5 rings (SSSR count). The van der Waals surface area contributed by atoms with Gasteiger partial charge in [-0.15, -0.1) is 0 Å². The topological polar surface area (TPSA) is 116 Å². The molecule has 0 aliphatic carbocycles. The number of fused-ring (bicyclic) bond motifs is 1.